The van der Waals surface area contributed by atoms with Crippen molar-refractivity contribution in [1.29, 1.82) is 0 Å². The largest absolute Gasteiger partial charge is 0.480 e. The molecule has 1 aliphatic rings. The molecule has 3 aromatic rings. The third-order valence-corrected chi connectivity index (χ3v) is 5.73. The van der Waals surface area contributed by atoms with Crippen molar-refractivity contribution in [3.05, 3.63) is 87.3 Å². The zero-order valence-corrected chi connectivity index (χ0v) is 18.1. The quantitative estimate of drug-likeness (QED) is 0.481. The monoisotopic (exact) mass is 514 g/mol. The van der Waals surface area contributed by atoms with Gasteiger partial charge in [0, 0.05) is 28.3 Å². The van der Waals surface area contributed by atoms with Crippen LogP contribution in [0.15, 0.2) is 67.0 Å². The molecule has 1 aromatic heterocycles. The van der Waals surface area contributed by atoms with E-state index >= 15 is 0 Å². The lowest BCUT2D eigenvalue weighted by atomic mass is 9.98. The number of carbonyl (C=O) groups is 2. The number of fused-ring (bicyclic) bond motifs is 3. The average molecular weight is 514 g/mol. The number of ether oxygens (including phenoxy) is 1. The minimum atomic E-state index is -1.12. The standard InChI is InChI=1S/C23H19IN2O4/c24-15-9-14(11-25-12-15)10-21(22(27)28)26-23(29)30-13-20-18-7-3-1-5-16(18)17-6-2-4-8-19(17)20/h1-9,11-12,20-21H,10,13H2,(H,26,29)(H,27,28). The Balaban J connectivity index is 1.43. The summed E-state index contributed by atoms with van der Waals surface area (Å²) < 4.78 is 6.35. The van der Waals surface area contributed by atoms with E-state index in [0.717, 1.165) is 31.4 Å². The van der Waals surface area contributed by atoms with Crippen LogP contribution in [0.25, 0.3) is 11.1 Å². The topological polar surface area (TPSA) is 88.5 Å². The number of amides is 1. The van der Waals surface area contributed by atoms with E-state index in [-0.39, 0.29) is 18.9 Å². The molecular weight excluding hydrogens is 495 g/mol. The Morgan fingerprint density at radius 1 is 1.07 bits per heavy atom. The Kier molecular flexibility index (Phi) is 5.98. The molecule has 1 unspecified atom stereocenters. The molecule has 0 spiro atoms. The van der Waals surface area contributed by atoms with E-state index in [1.54, 1.807) is 12.4 Å². The number of hydrogen-bond acceptors (Lipinski definition) is 4. The van der Waals surface area contributed by atoms with Crippen LogP contribution < -0.4 is 5.32 Å². The number of nitrogens with one attached hydrogen (secondary N) is 1. The fourth-order valence-corrected chi connectivity index (χ4v) is 4.35. The van der Waals surface area contributed by atoms with Crippen LogP contribution >= 0.6 is 22.6 Å². The lowest BCUT2D eigenvalue weighted by Crippen LogP contribution is -2.43. The molecule has 6 nitrogen and oxygen atoms in total. The zero-order chi connectivity index (χ0) is 21.1. The first-order valence-electron chi connectivity index (χ1n) is 9.46. The molecule has 152 valence electrons. The first-order valence-corrected chi connectivity index (χ1v) is 10.5. The molecule has 7 heteroatoms. The highest BCUT2D eigenvalue weighted by Gasteiger charge is 2.29. The van der Waals surface area contributed by atoms with Gasteiger partial charge in [0.05, 0.1) is 0 Å². The summed E-state index contributed by atoms with van der Waals surface area (Å²) in [7, 11) is 0. The third-order valence-electron chi connectivity index (χ3n) is 5.14. The van der Waals surface area contributed by atoms with Gasteiger partial charge in [-0.2, -0.15) is 0 Å². The molecule has 2 N–H and O–H groups in total. The first kappa shape index (κ1) is 20.3. The molecule has 0 saturated heterocycles. The van der Waals surface area contributed by atoms with Gasteiger partial charge in [0.15, 0.2) is 0 Å². The normalized spacial score (nSPS) is 13.2. The van der Waals surface area contributed by atoms with E-state index < -0.39 is 18.1 Å². The number of carboxylic acids is 1. The number of aliphatic carboxylic acids is 1. The molecule has 2 aromatic carbocycles. The smallest absolute Gasteiger partial charge is 0.407 e. The SMILES string of the molecule is O=C(NC(Cc1cncc(I)c1)C(=O)O)OCC1c2ccccc2-c2ccccc21. The lowest BCUT2D eigenvalue weighted by molar-refractivity contribution is -0.139. The second-order valence-corrected chi connectivity index (χ2v) is 8.32. The summed E-state index contributed by atoms with van der Waals surface area (Å²) in [5, 5.41) is 12.0. The number of aromatic nitrogens is 1. The molecule has 0 bridgehead atoms. The van der Waals surface area contributed by atoms with Gasteiger partial charge in [-0.1, -0.05) is 48.5 Å². The van der Waals surface area contributed by atoms with Crippen LogP contribution in [0.4, 0.5) is 4.79 Å². The molecule has 0 radical (unpaired) electrons. The van der Waals surface area contributed by atoms with Crippen LogP contribution in [0, 0.1) is 3.57 Å². The number of benzene rings is 2. The second kappa shape index (κ2) is 8.83. The van der Waals surface area contributed by atoms with Gasteiger partial charge in [0.1, 0.15) is 12.6 Å². The molecule has 1 heterocycles. The minimum Gasteiger partial charge on any atom is -0.480 e. The van der Waals surface area contributed by atoms with Gasteiger partial charge in [-0.15, -0.1) is 0 Å². The maximum atomic E-state index is 12.4. The molecule has 1 aliphatic carbocycles. The van der Waals surface area contributed by atoms with Crippen molar-refractivity contribution >= 4 is 34.7 Å². The average Bonchev–Trinajstić information content (AvgIpc) is 3.06. The molecule has 0 saturated carbocycles. The van der Waals surface area contributed by atoms with E-state index in [1.807, 2.05) is 42.5 Å². The maximum absolute atomic E-state index is 12.4. The maximum Gasteiger partial charge on any atom is 0.407 e. The lowest BCUT2D eigenvalue weighted by Gasteiger charge is -2.17. The second-order valence-electron chi connectivity index (χ2n) is 7.08. The number of pyridine rings is 1. The van der Waals surface area contributed by atoms with Crippen molar-refractivity contribution in [2.45, 2.75) is 18.4 Å². The van der Waals surface area contributed by atoms with E-state index in [4.69, 9.17) is 4.74 Å². The Morgan fingerprint density at radius 3 is 2.30 bits per heavy atom. The van der Waals surface area contributed by atoms with Gasteiger partial charge in [0.25, 0.3) is 0 Å². The predicted molar refractivity (Wildman–Crippen MR) is 120 cm³/mol. The van der Waals surface area contributed by atoms with Gasteiger partial charge in [-0.25, -0.2) is 9.59 Å². The number of carbonyl (C=O) groups excluding carboxylic acids is 1. The van der Waals surface area contributed by atoms with Gasteiger partial charge in [-0.05, 0) is 56.5 Å². The molecule has 1 atom stereocenters. The number of rotatable bonds is 6. The van der Waals surface area contributed by atoms with Crippen molar-refractivity contribution in [1.82, 2.24) is 10.3 Å². The summed E-state index contributed by atoms with van der Waals surface area (Å²) in [6, 6.07) is 16.8. The number of halogens is 1. The number of hydrogen-bond donors (Lipinski definition) is 2. The van der Waals surface area contributed by atoms with Crippen molar-refractivity contribution in [3.8, 4) is 11.1 Å². The van der Waals surface area contributed by atoms with Crippen LogP contribution in [0.2, 0.25) is 0 Å². The highest BCUT2D eigenvalue weighted by molar-refractivity contribution is 14.1. The summed E-state index contributed by atoms with van der Waals surface area (Å²) in [6.45, 7) is 0.136. The summed E-state index contributed by atoms with van der Waals surface area (Å²) in [6.07, 6.45) is 2.66. The summed E-state index contributed by atoms with van der Waals surface area (Å²) in [4.78, 5) is 28.1. The Morgan fingerprint density at radius 2 is 1.70 bits per heavy atom. The minimum absolute atomic E-state index is 0.0775. The van der Waals surface area contributed by atoms with Crippen LogP contribution in [-0.4, -0.2) is 34.8 Å². The van der Waals surface area contributed by atoms with E-state index in [9.17, 15) is 14.7 Å². The number of carboxylic acid groups (broad SMARTS) is 1. The zero-order valence-electron chi connectivity index (χ0n) is 15.9. The fraction of sp³-hybridized carbons (Fsp3) is 0.174. The summed E-state index contributed by atoms with van der Waals surface area (Å²) in [5.74, 6) is -1.20. The summed E-state index contributed by atoms with van der Waals surface area (Å²) >= 11 is 2.11. The molecule has 1 amide bonds. The van der Waals surface area contributed by atoms with Gasteiger partial charge in [-0.3, -0.25) is 4.98 Å². The van der Waals surface area contributed by atoms with Crippen LogP contribution in [0.5, 0.6) is 0 Å². The molecule has 4 rings (SSSR count). The van der Waals surface area contributed by atoms with Crippen LogP contribution in [0.1, 0.15) is 22.6 Å². The fourth-order valence-electron chi connectivity index (χ4n) is 3.79. The van der Waals surface area contributed by atoms with Crippen LogP contribution in [-0.2, 0) is 16.0 Å². The van der Waals surface area contributed by atoms with E-state index in [0.29, 0.717) is 0 Å². The highest BCUT2D eigenvalue weighted by atomic mass is 127. The third kappa shape index (κ3) is 4.30. The van der Waals surface area contributed by atoms with E-state index in [1.165, 1.54) is 0 Å². The molecular formula is C23H19IN2O4. The molecule has 0 aliphatic heterocycles. The molecule has 30 heavy (non-hydrogen) atoms. The van der Waals surface area contributed by atoms with Crippen molar-refractivity contribution in [2.75, 3.05) is 6.61 Å². The van der Waals surface area contributed by atoms with Gasteiger partial charge >= 0.3 is 12.1 Å². The Hall–Kier alpha value is -2.94. The van der Waals surface area contributed by atoms with Crippen molar-refractivity contribution in [2.24, 2.45) is 0 Å². The Labute approximate surface area is 187 Å². The predicted octanol–water partition coefficient (Wildman–Crippen LogP) is 4.22. The van der Waals surface area contributed by atoms with E-state index in [2.05, 4.69) is 45.0 Å². The van der Waals surface area contributed by atoms with Crippen LogP contribution in [0.3, 0.4) is 0 Å². The Bertz CT molecular complexity index is 1060. The van der Waals surface area contributed by atoms with Crippen molar-refractivity contribution < 1.29 is 19.4 Å². The van der Waals surface area contributed by atoms with Crippen molar-refractivity contribution in [3.63, 3.8) is 0 Å². The highest BCUT2D eigenvalue weighted by Crippen LogP contribution is 2.44. The number of nitrogens with zero attached hydrogens (tertiary/aromatic N) is 1. The molecule has 0 fully saturated rings. The first-order chi connectivity index (χ1) is 14.5. The summed E-state index contributed by atoms with van der Waals surface area (Å²) in [5.41, 5.74) is 5.21. The number of alkyl carbamates (subject to hydrolysis) is 1. The van der Waals surface area contributed by atoms with Gasteiger partial charge in [0.2, 0.25) is 0 Å². The van der Waals surface area contributed by atoms with Gasteiger partial charge < -0.3 is 15.2 Å².